The summed E-state index contributed by atoms with van der Waals surface area (Å²) in [7, 11) is -7.09. The van der Waals surface area contributed by atoms with Crippen molar-refractivity contribution in [2.45, 2.75) is 9.79 Å². The molecule has 0 saturated carbocycles. The Balaban J connectivity index is 2.92. The number of hydrogen-bond donors (Lipinski definition) is 3. The van der Waals surface area contributed by atoms with Crippen LogP contribution in [0.4, 0.5) is 0 Å². The third-order valence-corrected chi connectivity index (χ3v) is 5.04. The van der Waals surface area contributed by atoms with Crippen molar-refractivity contribution in [3.8, 4) is 5.75 Å². The summed E-state index contributed by atoms with van der Waals surface area (Å²) in [5.74, 6) is -0.551. The number of nitrogens with one attached hydrogen (secondary N) is 1. The van der Waals surface area contributed by atoms with Gasteiger partial charge in [0.25, 0.3) is 10.1 Å². The van der Waals surface area contributed by atoms with Gasteiger partial charge in [0, 0.05) is 11.5 Å². The molecule has 0 saturated heterocycles. The Kier molecular flexibility index (Phi) is 3.46. The lowest BCUT2D eigenvalue weighted by molar-refractivity contribution is 0.470. The van der Waals surface area contributed by atoms with Crippen LogP contribution in [0.15, 0.2) is 40.1 Å². The minimum atomic E-state index is -4.50. The molecule has 0 spiro atoms. The highest BCUT2D eigenvalue weighted by Gasteiger charge is 2.20. The van der Waals surface area contributed by atoms with Gasteiger partial charge in [0.05, 0.1) is 9.79 Å². The summed E-state index contributed by atoms with van der Waals surface area (Å²) >= 11 is 0. The van der Waals surface area contributed by atoms with Gasteiger partial charge < -0.3 is 5.11 Å². The van der Waals surface area contributed by atoms with Crippen molar-refractivity contribution in [3.05, 3.63) is 30.3 Å². The highest BCUT2D eigenvalue weighted by molar-refractivity contribution is 7.89. The average Bonchev–Trinajstić information content (AvgIpc) is 2.36. The van der Waals surface area contributed by atoms with Crippen molar-refractivity contribution in [1.82, 2.24) is 4.72 Å². The smallest absolute Gasteiger partial charge is 0.294 e. The van der Waals surface area contributed by atoms with Crippen molar-refractivity contribution in [2.75, 3.05) is 7.05 Å². The van der Waals surface area contributed by atoms with Crippen LogP contribution in [0.1, 0.15) is 0 Å². The molecule has 0 unspecified atom stereocenters. The summed E-state index contributed by atoms with van der Waals surface area (Å²) in [4.78, 5) is -0.696. The number of fused-ring (bicyclic) bond motifs is 1. The molecule has 0 aliphatic rings. The molecule has 2 rings (SSSR count). The Morgan fingerprint density at radius 3 is 2.30 bits per heavy atom. The molecule has 0 aromatic heterocycles. The Hall–Kier alpha value is -1.68. The molecule has 0 amide bonds. The predicted molar refractivity (Wildman–Crippen MR) is 71.7 cm³/mol. The second kappa shape index (κ2) is 4.70. The maximum Gasteiger partial charge on any atom is 0.294 e. The van der Waals surface area contributed by atoms with Gasteiger partial charge in [-0.2, -0.15) is 8.42 Å². The fourth-order valence-electron chi connectivity index (χ4n) is 1.83. The van der Waals surface area contributed by atoms with Gasteiger partial charge in [-0.05, 0) is 24.6 Å². The summed E-state index contributed by atoms with van der Waals surface area (Å²) in [6, 6.07) is 5.99. The molecule has 0 bridgehead atoms. The zero-order valence-corrected chi connectivity index (χ0v) is 11.9. The van der Waals surface area contributed by atoms with Gasteiger partial charge in [-0.3, -0.25) is 4.55 Å². The normalized spacial score (nSPS) is 12.7. The van der Waals surface area contributed by atoms with Gasteiger partial charge in [-0.25, -0.2) is 13.1 Å². The van der Waals surface area contributed by atoms with E-state index in [1.807, 2.05) is 0 Å². The van der Waals surface area contributed by atoms with E-state index in [4.69, 9.17) is 4.55 Å². The van der Waals surface area contributed by atoms with Crippen molar-refractivity contribution < 1.29 is 26.5 Å². The third kappa shape index (κ3) is 2.48. The minimum Gasteiger partial charge on any atom is -0.507 e. The molecule has 0 aliphatic carbocycles. The van der Waals surface area contributed by atoms with Crippen LogP contribution in [-0.2, 0) is 20.1 Å². The van der Waals surface area contributed by atoms with Crippen molar-refractivity contribution in [2.24, 2.45) is 0 Å². The van der Waals surface area contributed by atoms with Gasteiger partial charge in [0.1, 0.15) is 5.75 Å². The first-order chi connectivity index (χ1) is 9.16. The molecule has 2 aromatic carbocycles. The van der Waals surface area contributed by atoms with Crippen LogP contribution >= 0.6 is 0 Å². The number of phenols is 1. The Bertz CT molecular complexity index is 887. The van der Waals surface area contributed by atoms with Crippen molar-refractivity contribution >= 4 is 30.9 Å². The number of phenolic OH excluding ortho intramolecular Hbond substituents is 1. The molecule has 0 heterocycles. The van der Waals surface area contributed by atoms with Crippen LogP contribution in [0.2, 0.25) is 0 Å². The fraction of sp³-hybridized carbons (Fsp3) is 0.0909. The summed E-state index contributed by atoms with van der Waals surface area (Å²) in [6.07, 6.45) is 0. The Morgan fingerprint density at radius 1 is 1.10 bits per heavy atom. The molecule has 0 fully saturated rings. The molecule has 2 aromatic rings. The number of rotatable bonds is 3. The average molecular weight is 317 g/mol. The van der Waals surface area contributed by atoms with Crippen LogP contribution in [0.3, 0.4) is 0 Å². The molecule has 0 atom stereocenters. The first kappa shape index (κ1) is 14.7. The lowest BCUT2D eigenvalue weighted by Crippen LogP contribution is -2.18. The quantitative estimate of drug-likeness (QED) is 0.717. The van der Waals surface area contributed by atoms with Crippen LogP contribution < -0.4 is 4.72 Å². The lowest BCUT2D eigenvalue weighted by atomic mass is 10.1. The van der Waals surface area contributed by atoms with Crippen molar-refractivity contribution in [1.29, 1.82) is 0 Å². The van der Waals surface area contributed by atoms with Crippen LogP contribution in [0.25, 0.3) is 10.8 Å². The highest BCUT2D eigenvalue weighted by Crippen LogP contribution is 2.33. The largest absolute Gasteiger partial charge is 0.507 e. The van der Waals surface area contributed by atoms with E-state index in [1.165, 1.54) is 25.2 Å². The van der Waals surface area contributed by atoms with E-state index in [0.29, 0.717) is 0 Å². The Morgan fingerprint density at radius 2 is 1.75 bits per heavy atom. The molecule has 3 N–H and O–H groups in total. The van der Waals surface area contributed by atoms with Gasteiger partial charge in [0.2, 0.25) is 10.0 Å². The molecule has 7 nitrogen and oxygen atoms in total. The molecule has 0 aliphatic heterocycles. The third-order valence-electron chi connectivity index (χ3n) is 2.75. The fourth-order valence-corrected chi connectivity index (χ4v) is 3.33. The summed E-state index contributed by atoms with van der Waals surface area (Å²) in [5, 5.41) is 10.0. The van der Waals surface area contributed by atoms with E-state index in [9.17, 15) is 21.9 Å². The topological polar surface area (TPSA) is 121 Å². The standard InChI is InChI=1S/C11H11NO6S2/c1-12-19(14,15)10-4-2-3-7-5-8(20(16,17)18)6-9(13)11(7)10/h2-6,12-13H,1H3,(H,16,17,18). The van der Waals surface area contributed by atoms with E-state index in [2.05, 4.69) is 4.72 Å². The summed E-state index contributed by atoms with van der Waals surface area (Å²) in [6.45, 7) is 0. The number of benzene rings is 2. The first-order valence-corrected chi connectivity index (χ1v) is 8.26. The minimum absolute atomic E-state index is 0.0192. The van der Waals surface area contributed by atoms with Crippen LogP contribution in [-0.4, -0.2) is 33.5 Å². The Labute approximate surface area is 115 Å². The predicted octanol–water partition coefficient (Wildman–Crippen LogP) is 0.700. The molecule has 20 heavy (non-hydrogen) atoms. The van der Waals surface area contributed by atoms with E-state index >= 15 is 0 Å². The second-order valence-corrected chi connectivity index (χ2v) is 7.26. The van der Waals surface area contributed by atoms with Gasteiger partial charge in [-0.1, -0.05) is 12.1 Å². The summed E-state index contributed by atoms with van der Waals surface area (Å²) < 4.78 is 57.0. The van der Waals surface area contributed by atoms with E-state index < -0.39 is 30.8 Å². The van der Waals surface area contributed by atoms with Gasteiger partial charge in [0.15, 0.2) is 0 Å². The zero-order chi connectivity index (χ0) is 15.1. The van der Waals surface area contributed by atoms with E-state index in [-0.39, 0.29) is 15.7 Å². The molecular weight excluding hydrogens is 306 g/mol. The first-order valence-electron chi connectivity index (χ1n) is 5.33. The molecule has 0 radical (unpaired) electrons. The van der Waals surface area contributed by atoms with E-state index in [0.717, 1.165) is 12.1 Å². The zero-order valence-electron chi connectivity index (χ0n) is 10.2. The van der Waals surface area contributed by atoms with Crippen LogP contribution in [0, 0.1) is 0 Å². The van der Waals surface area contributed by atoms with Crippen LogP contribution in [0.5, 0.6) is 5.75 Å². The van der Waals surface area contributed by atoms with E-state index in [1.54, 1.807) is 0 Å². The maximum atomic E-state index is 11.9. The van der Waals surface area contributed by atoms with Crippen molar-refractivity contribution in [3.63, 3.8) is 0 Å². The molecular formula is C11H11NO6S2. The molecule has 9 heteroatoms. The second-order valence-electron chi connectivity index (χ2n) is 3.98. The lowest BCUT2D eigenvalue weighted by Gasteiger charge is -2.09. The van der Waals surface area contributed by atoms with Gasteiger partial charge in [-0.15, -0.1) is 0 Å². The molecule has 108 valence electrons. The SMILES string of the molecule is CNS(=O)(=O)c1cccc2cc(S(=O)(=O)O)cc(O)c12. The number of sulfonamides is 1. The monoisotopic (exact) mass is 317 g/mol. The number of hydrogen-bond acceptors (Lipinski definition) is 5. The maximum absolute atomic E-state index is 11.9. The summed E-state index contributed by atoms with van der Waals surface area (Å²) in [5.41, 5.74) is 0. The highest BCUT2D eigenvalue weighted by atomic mass is 32.2. The van der Waals surface area contributed by atoms with Gasteiger partial charge >= 0.3 is 0 Å². The number of aromatic hydroxyl groups is 1.